The third-order valence-electron chi connectivity index (χ3n) is 4.47. The van der Waals surface area contributed by atoms with Crippen molar-refractivity contribution >= 4 is 16.9 Å². The molecule has 24 heavy (non-hydrogen) atoms. The van der Waals surface area contributed by atoms with E-state index in [1.54, 1.807) is 6.07 Å². The van der Waals surface area contributed by atoms with Gasteiger partial charge in [0, 0.05) is 18.7 Å². The first-order valence-corrected chi connectivity index (χ1v) is 8.21. The van der Waals surface area contributed by atoms with Crippen molar-refractivity contribution in [3.63, 3.8) is 0 Å². The molecule has 1 aromatic heterocycles. The molecular formula is C19H18FN3O. The quantitative estimate of drug-likeness (QED) is 0.770. The summed E-state index contributed by atoms with van der Waals surface area (Å²) in [6.45, 7) is 2.00. The van der Waals surface area contributed by atoms with Crippen LogP contribution < -0.4 is 4.90 Å². The lowest BCUT2D eigenvalue weighted by Gasteiger charge is -2.27. The van der Waals surface area contributed by atoms with E-state index in [0.717, 1.165) is 29.9 Å². The normalized spacial score (nSPS) is 15.0. The predicted octanol–water partition coefficient (Wildman–Crippen LogP) is 4.13. The Morgan fingerprint density at radius 2 is 1.79 bits per heavy atom. The number of rotatable bonds is 2. The lowest BCUT2D eigenvalue weighted by atomic mass is 10.0. The van der Waals surface area contributed by atoms with Crippen LogP contribution in [0.2, 0.25) is 0 Å². The molecule has 1 N–H and O–H groups in total. The molecule has 4 rings (SSSR count). The number of fused-ring (bicyclic) bond motifs is 1. The molecule has 1 aliphatic rings. The van der Waals surface area contributed by atoms with Crippen molar-refractivity contribution in [1.29, 1.82) is 0 Å². The minimum Gasteiger partial charge on any atom is -0.508 e. The predicted molar refractivity (Wildman–Crippen MR) is 92.7 cm³/mol. The Labute approximate surface area is 139 Å². The highest BCUT2D eigenvalue weighted by Gasteiger charge is 2.14. The molecule has 1 saturated heterocycles. The molecule has 2 aromatic carbocycles. The molecule has 5 heteroatoms. The van der Waals surface area contributed by atoms with Gasteiger partial charge >= 0.3 is 0 Å². The van der Waals surface area contributed by atoms with Crippen LogP contribution in [0, 0.1) is 5.82 Å². The molecule has 0 amide bonds. The molecule has 0 radical (unpaired) electrons. The van der Waals surface area contributed by atoms with Gasteiger partial charge < -0.3 is 10.0 Å². The van der Waals surface area contributed by atoms with Crippen LogP contribution in [0.4, 0.5) is 10.2 Å². The standard InChI is InChI=1S/C19H18FN3O/c20-16-6-5-14(24)11-15(16)13-4-7-17-18(10-13)22-19(12-21-17)23-8-2-1-3-9-23/h4-7,10-12,24H,1-3,8-9H2. The highest BCUT2D eigenvalue weighted by atomic mass is 19.1. The summed E-state index contributed by atoms with van der Waals surface area (Å²) in [7, 11) is 0. The van der Waals surface area contributed by atoms with Crippen molar-refractivity contribution in [2.45, 2.75) is 19.3 Å². The molecule has 0 saturated carbocycles. The number of phenols is 1. The van der Waals surface area contributed by atoms with E-state index in [1.165, 1.54) is 37.5 Å². The molecular weight excluding hydrogens is 305 g/mol. The Balaban J connectivity index is 1.77. The number of anilines is 1. The first-order chi connectivity index (χ1) is 11.7. The third-order valence-corrected chi connectivity index (χ3v) is 4.47. The lowest BCUT2D eigenvalue weighted by molar-refractivity contribution is 0.473. The average molecular weight is 323 g/mol. The summed E-state index contributed by atoms with van der Waals surface area (Å²) in [5, 5.41) is 9.63. The van der Waals surface area contributed by atoms with Crippen LogP contribution in [-0.2, 0) is 0 Å². The smallest absolute Gasteiger partial charge is 0.147 e. The van der Waals surface area contributed by atoms with E-state index in [2.05, 4.69) is 9.88 Å². The maximum atomic E-state index is 14.1. The van der Waals surface area contributed by atoms with Crippen LogP contribution in [0.15, 0.2) is 42.6 Å². The van der Waals surface area contributed by atoms with Crippen molar-refractivity contribution < 1.29 is 9.50 Å². The van der Waals surface area contributed by atoms with Gasteiger partial charge in [-0.15, -0.1) is 0 Å². The van der Waals surface area contributed by atoms with Gasteiger partial charge in [-0.05, 0) is 55.2 Å². The van der Waals surface area contributed by atoms with Crippen LogP contribution >= 0.6 is 0 Å². The van der Waals surface area contributed by atoms with E-state index in [1.807, 2.05) is 18.3 Å². The monoisotopic (exact) mass is 323 g/mol. The highest BCUT2D eigenvalue weighted by molar-refractivity contribution is 5.82. The van der Waals surface area contributed by atoms with Crippen molar-refractivity contribution in [2.75, 3.05) is 18.0 Å². The number of aromatic hydroxyl groups is 1. The van der Waals surface area contributed by atoms with Crippen molar-refractivity contribution in [3.05, 3.63) is 48.4 Å². The maximum Gasteiger partial charge on any atom is 0.147 e. The fourth-order valence-electron chi connectivity index (χ4n) is 3.18. The summed E-state index contributed by atoms with van der Waals surface area (Å²) in [6, 6.07) is 9.50. The maximum absolute atomic E-state index is 14.1. The molecule has 0 atom stereocenters. The minimum absolute atomic E-state index is 0.0413. The molecule has 3 aromatic rings. The molecule has 0 unspecified atom stereocenters. The van der Waals surface area contributed by atoms with Gasteiger partial charge in [0.2, 0.25) is 0 Å². The molecule has 1 fully saturated rings. The SMILES string of the molecule is Oc1ccc(F)c(-c2ccc3ncc(N4CCCCC4)nc3c2)c1. The van der Waals surface area contributed by atoms with E-state index < -0.39 is 0 Å². The Bertz CT molecular complexity index is 891. The Morgan fingerprint density at radius 3 is 2.62 bits per heavy atom. The number of halogens is 1. The van der Waals surface area contributed by atoms with Crippen LogP contribution in [0.25, 0.3) is 22.2 Å². The number of hydrogen-bond donors (Lipinski definition) is 1. The number of nitrogens with zero attached hydrogens (tertiary/aromatic N) is 3. The average Bonchev–Trinajstić information content (AvgIpc) is 2.63. The fourth-order valence-corrected chi connectivity index (χ4v) is 3.18. The summed E-state index contributed by atoms with van der Waals surface area (Å²) in [4.78, 5) is 11.4. The first-order valence-electron chi connectivity index (χ1n) is 8.21. The van der Waals surface area contributed by atoms with Crippen molar-refractivity contribution in [2.24, 2.45) is 0 Å². The number of aromatic nitrogens is 2. The molecule has 0 spiro atoms. The largest absolute Gasteiger partial charge is 0.508 e. The van der Waals surface area contributed by atoms with Gasteiger partial charge in [-0.3, -0.25) is 4.98 Å². The fraction of sp³-hybridized carbons (Fsp3) is 0.263. The summed E-state index contributed by atoms with van der Waals surface area (Å²) in [5.74, 6) is 0.544. The Hall–Kier alpha value is -2.69. The number of hydrogen-bond acceptors (Lipinski definition) is 4. The zero-order valence-electron chi connectivity index (χ0n) is 13.2. The molecule has 0 bridgehead atoms. The van der Waals surface area contributed by atoms with Gasteiger partial charge in [0.25, 0.3) is 0 Å². The second-order valence-corrected chi connectivity index (χ2v) is 6.14. The van der Waals surface area contributed by atoms with E-state index in [0.29, 0.717) is 11.1 Å². The van der Waals surface area contributed by atoms with Gasteiger partial charge in [0.1, 0.15) is 17.4 Å². The number of phenolic OH excluding ortho intramolecular Hbond substituents is 1. The summed E-state index contributed by atoms with van der Waals surface area (Å²) in [6.07, 6.45) is 5.42. The van der Waals surface area contributed by atoms with Crippen LogP contribution in [-0.4, -0.2) is 28.2 Å². The summed E-state index contributed by atoms with van der Waals surface area (Å²) < 4.78 is 14.1. The van der Waals surface area contributed by atoms with Crippen LogP contribution in [0.1, 0.15) is 19.3 Å². The van der Waals surface area contributed by atoms with Crippen molar-refractivity contribution in [3.8, 4) is 16.9 Å². The second-order valence-electron chi connectivity index (χ2n) is 6.14. The Morgan fingerprint density at radius 1 is 0.958 bits per heavy atom. The molecule has 122 valence electrons. The summed E-state index contributed by atoms with van der Waals surface area (Å²) >= 11 is 0. The van der Waals surface area contributed by atoms with Gasteiger partial charge in [-0.2, -0.15) is 0 Å². The van der Waals surface area contributed by atoms with E-state index in [-0.39, 0.29) is 11.6 Å². The first kappa shape index (κ1) is 14.9. The van der Waals surface area contributed by atoms with Gasteiger partial charge in [-0.1, -0.05) is 6.07 Å². The number of piperidine rings is 1. The third kappa shape index (κ3) is 2.77. The second kappa shape index (κ2) is 6.07. The van der Waals surface area contributed by atoms with Gasteiger partial charge in [0.05, 0.1) is 17.2 Å². The molecule has 4 nitrogen and oxygen atoms in total. The van der Waals surface area contributed by atoms with Crippen molar-refractivity contribution in [1.82, 2.24) is 9.97 Å². The minimum atomic E-state index is -0.368. The summed E-state index contributed by atoms with van der Waals surface area (Å²) in [5.41, 5.74) is 2.56. The van der Waals surface area contributed by atoms with Gasteiger partial charge in [0.15, 0.2) is 0 Å². The zero-order valence-corrected chi connectivity index (χ0v) is 13.2. The number of benzene rings is 2. The highest BCUT2D eigenvalue weighted by Crippen LogP contribution is 2.29. The molecule has 2 heterocycles. The lowest BCUT2D eigenvalue weighted by Crippen LogP contribution is -2.30. The van der Waals surface area contributed by atoms with Gasteiger partial charge in [-0.25, -0.2) is 9.37 Å². The topological polar surface area (TPSA) is 49.3 Å². The molecule has 0 aliphatic carbocycles. The van der Waals surface area contributed by atoms with Crippen LogP contribution in [0.5, 0.6) is 5.75 Å². The Kier molecular flexibility index (Phi) is 3.76. The van der Waals surface area contributed by atoms with Crippen LogP contribution in [0.3, 0.4) is 0 Å². The zero-order chi connectivity index (χ0) is 16.5. The molecule has 1 aliphatic heterocycles. The van der Waals surface area contributed by atoms with E-state index in [9.17, 15) is 9.50 Å². The van der Waals surface area contributed by atoms with E-state index >= 15 is 0 Å². The van der Waals surface area contributed by atoms with E-state index in [4.69, 9.17) is 4.98 Å².